The highest BCUT2D eigenvalue weighted by Crippen LogP contribution is 2.24. The van der Waals surface area contributed by atoms with Gasteiger partial charge in [0.2, 0.25) is 5.91 Å². The molecule has 0 radical (unpaired) electrons. The number of rotatable bonds is 4. The molecular weight excluding hydrogens is 220 g/mol. The highest BCUT2D eigenvalue weighted by molar-refractivity contribution is 7.19. The zero-order valence-electron chi connectivity index (χ0n) is 9.07. The van der Waals surface area contributed by atoms with Crippen molar-refractivity contribution in [3.05, 3.63) is 35.2 Å². The standard InChI is InChI=1S/C12H14N2OS/c1-8(12(13)15)14-7-10-6-9-4-2-3-5-11(9)16-10/h2-6,8,14H,7H2,1H3,(H2,13,15)/t8-/m0/s1. The molecular formula is C12H14N2OS. The number of thiophene rings is 1. The molecule has 1 aromatic carbocycles. The van der Waals surface area contributed by atoms with E-state index < -0.39 is 0 Å². The van der Waals surface area contributed by atoms with E-state index in [0.29, 0.717) is 6.54 Å². The predicted molar refractivity (Wildman–Crippen MR) is 67.3 cm³/mol. The van der Waals surface area contributed by atoms with Gasteiger partial charge >= 0.3 is 0 Å². The van der Waals surface area contributed by atoms with Gasteiger partial charge in [0, 0.05) is 16.1 Å². The second-order valence-corrected chi connectivity index (χ2v) is 4.92. The van der Waals surface area contributed by atoms with Crippen LogP contribution < -0.4 is 11.1 Å². The summed E-state index contributed by atoms with van der Waals surface area (Å²) in [5.74, 6) is -0.318. The van der Waals surface area contributed by atoms with Crippen molar-refractivity contribution >= 4 is 27.3 Å². The van der Waals surface area contributed by atoms with E-state index in [-0.39, 0.29) is 11.9 Å². The van der Waals surface area contributed by atoms with Crippen LogP contribution in [0.1, 0.15) is 11.8 Å². The Balaban J connectivity index is 2.07. The Morgan fingerprint density at radius 2 is 2.25 bits per heavy atom. The number of benzene rings is 1. The first-order valence-electron chi connectivity index (χ1n) is 5.17. The molecule has 1 aromatic heterocycles. The molecule has 2 rings (SSSR count). The Kier molecular flexibility index (Phi) is 3.22. The van der Waals surface area contributed by atoms with Gasteiger partial charge in [-0.05, 0) is 24.4 Å². The van der Waals surface area contributed by atoms with Gasteiger partial charge in [0.1, 0.15) is 0 Å². The van der Waals surface area contributed by atoms with Crippen LogP contribution in [0.25, 0.3) is 10.1 Å². The summed E-state index contributed by atoms with van der Waals surface area (Å²) in [6.07, 6.45) is 0. The Morgan fingerprint density at radius 3 is 2.94 bits per heavy atom. The summed E-state index contributed by atoms with van der Waals surface area (Å²) in [6.45, 7) is 2.46. The van der Waals surface area contributed by atoms with Crippen molar-refractivity contribution in [2.24, 2.45) is 5.73 Å². The van der Waals surface area contributed by atoms with Gasteiger partial charge in [0.15, 0.2) is 0 Å². The van der Waals surface area contributed by atoms with E-state index in [1.807, 2.05) is 12.1 Å². The molecule has 1 heterocycles. The van der Waals surface area contributed by atoms with Crippen LogP contribution in [0, 0.1) is 0 Å². The quantitative estimate of drug-likeness (QED) is 0.848. The maximum atomic E-state index is 10.9. The van der Waals surface area contributed by atoms with E-state index in [1.54, 1.807) is 18.3 Å². The summed E-state index contributed by atoms with van der Waals surface area (Å²) >= 11 is 1.74. The van der Waals surface area contributed by atoms with Crippen molar-refractivity contribution in [3.63, 3.8) is 0 Å². The number of nitrogens with two attached hydrogens (primary N) is 1. The van der Waals surface area contributed by atoms with Crippen molar-refractivity contribution in [2.75, 3.05) is 0 Å². The van der Waals surface area contributed by atoms with Crippen LogP contribution in [-0.2, 0) is 11.3 Å². The molecule has 0 aliphatic carbocycles. The van der Waals surface area contributed by atoms with Crippen LogP contribution in [-0.4, -0.2) is 11.9 Å². The summed E-state index contributed by atoms with van der Waals surface area (Å²) in [6, 6.07) is 10.1. The van der Waals surface area contributed by atoms with Crippen LogP contribution in [0.15, 0.2) is 30.3 Å². The molecule has 0 unspecified atom stereocenters. The first-order chi connectivity index (χ1) is 7.66. The number of carbonyl (C=O) groups excluding carboxylic acids is 1. The molecule has 0 bridgehead atoms. The number of hydrogen-bond donors (Lipinski definition) is 2. The molecule has 0 aliphatic heterocycles. The van der Waals surface area contributed by atoms with Crippen LogP contribution in [0.3, 0.4) is 0 Å². The van der Waals surface area contributed by atoms with Gasteiger partial charge in [-0.15, -0.1) is 11.3 Å². The number of amides is 1. The Morgan fingerprint density at radius 1 is 1.50 bits per heavy atom. The predicted octanol–water partition coefficient (Wildman–Crippen LogP) is 1.86. The van der Waals surface area contributed by atoms with Crippen molar-refractivity contribution in [1.82, 2.24) is 5.32 Å². The molecule has 16 heavy (non-hydrogen) atoms. The highest BCUT2D eigenvalue weighted by atomic mass is 32.1. The van der Waals surface area contributed by atoms with Crippen molar-refractivity contribution in [3.8, 4) is 0 Å². The van der Waals surface area contributed by atoms with Crippen molar-refractivity contribution in [1.29, 1.82) is 0 Å². The monoisotopic (exact) mass is 234 g/mol. The third-order valence-electron chi connectivity index (χ3n) is 2.49. The summed E-state index contributed by atoms with van der Waals surface area (Å²) in [5.41, 5.74) is 5.18. The molecule has 0 saturated carbocycles. The Hall–Kier alpha value is -1.39. The minimum absolute atomic E-state index is 0.287. The van der Waals surface area contributed by atoms with Gasteiger partial charge in [0.25, 0.3) is 0 Å². The van der Waals surface area contributed by atoms with E-state index >= 15 is 0 Å². The van der Waals surface area contributed by atoms with Gasteiger partial charge in [-0.1, -0.05) is 18.2 Å². The summed E-state index contributed by atoms with van der Waals surface area (Å²) in [5, 5.41) is 4.34. The van der Waals surface area contributed by atoms with Crippen LogP contribution in [0.5, 0.6) is 0 Å². The zero-order valence-corrected chi connectivity index (χ0v) is 9.88. The lowest BCUT2D eigenvalue weighted by Crippen LogP contribution is -2.38. The van der Waals surface area contributed by atoms with Crippen molar-refractivity contribution < 1.29 is 4.79 Å². The van der Waals surface area contributed by atoms with E-state index in [9.17, 15) is 4.79 Å². The lowest BCUT2D eigenvalue weighted by Gasteiger charge is -2.07. The van der Waals surface area contributed by atoms with E-state index in [1.165, 1.54) is 15.0 Å². The van der Waals surface area contributed by atoms with Crippen LogP contribution in [0.2, 0.25) is 0 Å². The lowest BCUT2D eigenvalue weighted by molar-refractivity contribution is -0.119. The topological polar surface area (TPSA) is 55.1 Å². The second-order valence-electron chi connectivity index (χ2n) is 3.76. The third kappa shape index (κ3) is 2.40. The average Bonchev–Trinajstić information content (AvgIpc) is 2.68. The van der Waals surface area contributed by atoms with Crippen molar-refractivity contribution in [2.45, 2.75) is 19.5 Å². The molecule has 0 aliphatic rings. The van der Waals surface area contributed by atoms with E-state index in [4.69, 9.17) is 5.73 Å². The molecule has 3 N–H and O–H groups in total. The Bertz CT molecular complexity index is 473. The smallest absolute Gasteiger partial charge is 0.234 e. The minimum Gasteiger partial charge on any atom is -0.368 e. The Labute approximate surface area is 98.3 Å². The molecule has 0 spiro atoms. The molecule has 1 amide bonds. The molecule has 0 saturated heterocycles. The number of hydrogen-bond acceptors (Lipinski definition) is 3. The summed E-state index contributed by atoms with van der Waals surface area (Å²) in [4.78, 5) is 12.1. The normalized spacial score (nSPS) is 12.8. The summed E-state index contributed by atoms with van der Waals surface area (Å²) < 4.78 is 1.27. The zero-order chi connectivity index (χ0) is 11.5. The maximum absolute atomic E-state index is 10.9. The fourth-order valence-electron chi connectivity index (χ4n) is 1.48. The molecule has 84 valence electrons. The number of fused-ring (bicyclic) bond motifs is 1. The molecule has 2 aromatic rings. The third-order valence-corrected chi connectivity index (χ3v) is 3.60. The summed E-state index contributed by atoms with van der Waals surface area (Å²) in [7, 11) is 0. The SMILES string of the molecule is C[C@H](NCc1cc2ccccc2s1)C(N)=O. The van der Waals surface area contributed by atoms with E-state index in [0.717, 1.165) is 0 Å². The number of nitrogens with one attached hydrogen (secondary N) is 1. The van der Waals surface area contributed by atoms with Crippen LogP contribution in [0.4, 0.5) is 0 Å². The fourth-order valence-corrected chi connectivity index (χ4v) is 2.49. The van der Waals surface area contributed by atoms with Crippen LogP contribution >= 0.6 is 11.3 Å². The molecule has 3 nitrogen and oxygen atoms in total. The highest BCUT2D eigenvalue weighted by Gasteiger charge is 2.08. The largest absolute Gasteiger partial charge is 0.368 e. The first-order valence-corrected chi connectivity index (χ1v) is 5.98. The second kappa shape index (κ2) is 4.63. The number of primary amides is 1. The van der Waals surface area contributed by atoms with E-state index in [2.05, 4.69) is 23.5 Å². The molecule has 0 fully saturated rings. The van der Waals surface area contributed by atoms with Gasteiger partial charge in [-0.25, -0.2) is 0 Å². The maximum Gasteiger partial charge on any atom is 0.234 e. The molecule has 4 heteroatoms. The number of carbonyl (C=O) groups is 1. The average molecular weight is 234 g/mol. The van der Waals surface area contributed by atoms with Gasteiger partial charge in [0.05, 0.1) is 6.04 Å². The minimum atomic E-state index is -0.318. The van der Waals surface area contributed by atoms with Gasteiger partial charge < -0.3 is 11.1 Å². The molecule has 1 atom stereocenters. The fraction of sp³-hybridized carbons (Fsp3) is 0.250. The van der Waals surface area contributed by atoms with Gasteiger partial charge in [-0.3, -0.25) is 4.79 Å². The first kappa shape index (κ1) is 11.1. The lowest BCUT2D eigenvalue weighted by atomic mass is 10.2. The van der Waals surface area contributed by atoms with Gasteiger partial charge in [-0.2, -0.15) is 0 Å².